The van der Waals surface area contributed by atoms with E-state index < -0.39 is 6.61 Å². The first kappa shape index (κ1) is 10.4. The fourth-order valence-corrected chi connectivity index (χ4v) is 0.718. The molecule has 1 atom stereocenters. The van der Waals surface area contributed by atoms with Gasteiger partial charge in [0.1, 0.15) is 6.61 Å². The van der Waals surface area contributed by atoms with Crippen molar-refractivity contribution in [2.45, 2.75) is 26.7 Å². The molecule has 0 aromatic carbocycles. The van der Waals surface area contributed by atoms with Crippen molar-refractivity contribution in [2.75, 3.05) is 13.2 Å². The molecule has 0 saturated carbocycles. The fraction of sp³-hybridized carbons (Fsp3) is 0.875. The maximum atomic E-state index is 10.5. The van der Waals surface area contributed by atoms with Crippen molar-refractivity contribution in [2.24, 2.45) is 5.92 Å². The Bertz CT molecular complexity index is 115. The fourth-order valence-electron chi connectivity index (χ4n) is 0.718. The van der Waals surface area contributed by atoms with Gasteiger partial charge in [-0.05, 0) is 12.3 Å². The second kappa shape index (κ2) is 6.16. The highest BCUT2D eigenvalue weighted by molar-refractivity contribution is 5.76. The zero-order valence-electron chi connectivity index (χ0n) is 7.26. The number of carbonyl (C=O) groups is 1. The van der Waals surface area contributed by atoms with Crippen molar-refractivity contribution in [3.8, 4) is 0 Å². The molecular weight excluding hydrogens is 142 g/mol. The van der Waals surface area contributed by atoms with E-state index in [0.29, 0.717) is 12.5 Å². The lowest BCUT2D eigenvalue weighted by Gasteiger charge is -2.07. The van der Waals surface area contributed by atoms with Crippen molar-refractivity contribution in [3.63, 3.8) is 0 Å². The second-order valence-corrected chi connectivity index (χ2v) is 2.81. The first-order chi connectivity index (χ1) is 5.20. The summed E-state index contributed by atoms with van der Waals surface area (Å²) in [7, 11) is 0. The molecule has 0 rings (SSSR count). The SMILES string of the molecule is CC[C@H](C)CCNC(=O)CO. The van der Waals surface area contributed by atoms with Gasteiger partial charge in [0.25, 0.3) is 0 Å². The Hall–Kier alpha value is -0.570. The van der Waals surface area contributed by atoms with Crippen LogP contribution in [0.2, 0.25) is 0 Å². The summed E-state index contributed by atoms with van der Waals surface area (Å²) in [6.45, 7) is 4.54. The molecule has 3 nitrogen and oxygen atoms in total. The van der Waals surface area contributed by atoms with Crippen LogP contribution in [0.4, 0.5) is 0 Å². The van der Waals surface area contributed by atoms with Crippen LogP contribution in [0.25, 0.3) is 0 Å². The van der Waals surface area contributed by atoms with Gasteiger partial charge in [-0.25, -0.2) is 0 Å². The van der Waals surface area contributed by atoms with Gasteiger partial charge in [0.2, 0.25) is 5.91 Å². The van der Waals surface area contributed by atoms with E-state index in [2.05, 4.69) is 19.2 Å². The lowest BCUT2D eigenvalue weighted by Crippen LogP contribution is -2.27. The number of hydrogen-bond acceptors (Lipinski definition) is 2. The van der Waals surface area contributed by atoms with Gasteiger partial charge in [0.15, 0.2) is 0 Å². The van der Waals surface area contributed by atoms with Gasteiger partial charge in [-0.3, -0.25) is 4.79 Å². The molecule has 11 heavy (non-hydrogen) atoms. The van der Waals surface area contributed by atoms with Crippen LogP contribution in [0.1, 0.15) is 26.7 Å². The molecule has 0 unspecified atom stereocenters. The second-order valence-electron chi connectivity index (χ2n) is 2.81. The molecule has 0 heterocycles. The van der Waals surface area contributed by atoms with E-state index in [1.165, 1.54) is 0 Å². The molecule has 1 amide bonds. The normalized spacial score (nSPS) is 12.6. The van der Waals surface area contributed by atoms with Crippen LogP contribution in [-0.2, 0) is 4.79 Å². The van der Waals surface area contributed by atoms with Crippen molar-refractivity contribution in [1.29, 1.82) is 0 Å². The summed E-state index contributed by atoms with van der Waals surface area (Å²) in [4.78, 5) is 10.5. The number of nitrogens with one attached hydrogen (secondary N) is 1. The van der Waals surface area contributed by atoms with E-state index >= 15 is 0 Å². The minimum atomic E-state index is -0.402. The third-order valence-electron chi connectivity index (χ3n) is 1.80. The summed E-state index contributed by atoms with van der Waals surface area (Å²) in [6.07, 6.45) is 2.12. The standard InChI is InChI=1S/C8H17NO2/c1-3-7(2)4-5-9-8(11)6-10/h7,10H,3-6H2,1-2H3,(H,9,11)/t7-/m0/s1. The molecule has 3 heteroatoms. The van der Waals surface area contributed by atoms with Crippen molar-refractivity contribution < 1.29 is 9.90 Å². The van der Waals surface area contributed by atoms with E-state index in [-0.39, 0.29) is 5.91 Å². The lowest BCUT2D eigenvalue weighted by molar-refractivity contribution is -0.123. The van der Waals surface area contributed by atoms with Crippen LogP contribution in [0.3, 0.4) is 0 Å². The molecule has 2 N–H and O–H groups in total. The quantitative estimate of drug-likeness (QED) is 0.614. The van der Waals surface area contributed by atoms with E-state index in [0.717, 1.165) is 12.8 Å². The predicted octanol–water partition coefficient (Wildman–Crippen LogP) is 0.531. The third-order valence-corrected chi connectivity index (χ3v) is 1.80. The van der Waals surface area contributed by atoms with Crippen LogP contribution in [0.5, 0.6) is 0 Å². The molecule has 66 valence electrons. The first-order valence-corrected chi connectivity index (χ1v) is 4.08. The molecule has 0 aliphatic carbocycles. The van der Waals surface area contributed by atoms with Gasteiger partial charge in [-0.15, -0.1) is 0 Å². The van der Waals surface area contributed by atoms with Crippen molar-refractivity contribution in [1.82, 2.24) is 5.32 Å². The predicted molar refractivity (Wildman–Crippen MR) is 44.2 cm³/mol. The van der Waals surface area contributed by atoms with Gasteiger partial charge in [-0.2, -0.15) is 0 Å². The van der Waals surface area contributed by atoms with Crippen LogP contribution < -0.4 is 5.32 Å². The summed E-state index contributed by atoms with van der Waals surface area (Å²) in [5.41, 5.74) is 0. The highest BCUT2D eigenvalue weighted by Gasteiger charge is 2.00. The topological polar surface area (TPSA) is 49.3 Å². The van der Waals surface area contributed by atoms with E-state index in [1.807, 2.05) is 0 Å². The average Bonchev–Trinajstić information content (AvgIpc) is 2.04. The Labute approximate surface area is 67.8 Å². The lowest BCUT2D eigenvalue weighted by atomic mass is 10.1. The molecule has 0 radical (unpaired) electrons. The van der Waals surface area contributed by atoms with Crippen LogP contribution in [0.15, 0.2) is 0 Å². The molecule has 0 saturated heterocycles. The van der Waals surface area contributed by atoms with E-state index in [1.54, 1.807) is 0 Å². The van der Waals surface area contributed by atoms with Gasteiger partial charge < -0.3 is 10.4 Å². The molecule has 0 aliphatic rings. The molecule has 0 fully saturated rings. The smallest absolute Gasteiger partial charge is 0.245 e. The Morgan fingerprint density at radius 1 is 1.64 bits per heavy atom. The average molecular weight is 159 g/mol. The highest BCUT2D eigenvalue weighted by Crippen LogP contribution is 2.03. The Morgan fingerprint density at radius 2 is 2.27 bits per heavy atom. The van der Waals surface area contributed by atoms with Gasteiger partial charge in [-0.1, -0.05) is 20.3 Å². The third kappa shape index (κ3) is 5.85. The van der Waals surface area contributed by atoms with Crippen molar-refractivity contribution in [3.05, 3.63) is 0 Å². The van der Waals surface area contributed by atoms with Crippen LogP contribution in [0, 0.1) is 5.92 Å². The van der Waals surface area contributed by atoms with E-state index in [4.69, 9.17) is 5.11 Å². The van der Waals surface area contributed by atoms with Crippen molar-refractivity contribution >= 4 is 5.91 Å². The van der Waals surface area contributed by atoms with E-state index in [9.17, 15) is 4.79 Å². The highest BCUT2D eigenvalue weighted by atomic mass is 16.3. The number of hydrogen-bond donors (Lipinski definition) is 2. The number of carbonyl (C=O) groups excluding carboxylic acids is 1. The summed E-state index contributed by atoms with van der Waals surface area (Å²) < 4.78 is 0. The summed E-state index contributed by atoms with van der Waals surface area (Å²) in [5, 5.41) is 11.0. The summed E-state index contributed by atoms with van der Waals surface area (Å²) in [5.74, 6) is 0.363. The zero-order chi connectivity index (χ0) is 8.69. The Morgan fingerprint density at radius 3 is 2.73 bits per heavy atom. The number of aliphatic hydroxyl groups is 1. The minimum absolute atomic E-state index is 0.284. The number of aliphatic hydroxyl groups excluding tert-OH is 1. The molecule has 0 bridgehead atoms. The molecule has 0 aromatic heterocycles. The maximum Gasteiger partial charge on any atom is 0.245 e. The first-order valence-electron chi connectivity index (χ1n) is 4.08. The molecule has 0 spiro atoms. The van der Waals surface area contributed by atoms with Gasteiger partial charge in [0.05, 0.1) is 0 Å². The molecule has 0 aromatic rings. The van der Waals surface area contributed by atoms with Gasteiger partial charge >= 0.3 is 0 Å². The van der Waals surface area contributed by atoms with Gasteiger partial charge in [0, 0.05) is 6.54 Å². The Kier molecular flexibility index (Phi) is 5.84. The summed E-state index contributed by atoms with van der Waals surface area (Å²) >= 11 is 0. The number of amides is 1. The monoisotopic (exact) mass is 159 g/mol. The molecule has 0 aliphatic heterocycles. The largest absolute Gasteiger partial charge is 0.387 e. The molecular formula is C8H17NO2. The zero-order valence-corrected chi connectivity index (χ0v) is 7.26. The Balaban J connectivity index is 3.20. The minimum Gasteiger partial charge on any atom is -0.387 e. The summed E-state index contributed by atoms with van der Waals surface area (Å²) in [6, 6.07) is 0. The van der Waals surface area contributed by atoms with Crippen LogP contribution in [-0.4, -0.2) is 24.2 Å². The van der Waals surface area contributed by atoms with Crippen LogP contribution >= 0.6 is 0 Å². The maximum absolute atomic E-state index is 10.5. The number of rotatable bonds is 5.